The van der Waals surface area contributed by atoms with Gasteiger partial charge in [-0.2, -0.15) is 5.10 Å². The number of rotatable bonds is 4. The van der Waals surface area contributed by atoms with Gasteiger partial charge in [0.1, 0.15) is 0 Å². The predicted molar refractivity (Wildman–Crippen MR) is 65.7 cm³/mol. The van der Waals surface area contributed by atoms with Crippen LogP contribution in [0.3, 0.4) is 0 Å². The van der Waals surface area contributed by atoms with Crippen LogP contribution in [0.15, 0.2) is 58.4 Å². The summed E-state index contributed by atoms with van der Waals surface area (Å²) in [5, 5.41) is 4.00. The van der Waals surface area contributed by atoms with E-state index in [9.17, 15) is 4.79 Å². The van der Waals surface area contributed by atoms with Crippen molar-refractivity contribution in [1.82, 2.24) is 9.78 Å². The molecule has 0 aliphatic heterocycles. The van der Waals surface area contributed by atoms with Crippen LogP contribution >= 0.6 is 11.8 Å². The van der Waals surface area contributed by atoms with Crippen molar-refractivity contribution in [1.29, 1.82) is 0 Å². The standard InChI is InChI=1S/C12H12N2OS/c15-12-7-4-8-13-14(12)9-10-16-11-5-2-1-3-6-11/h1-8H,9-10H2. The first-order chi connectivity index (χ1) is 7.86. The molecule has 0 atom stereocenters. The van der Waals surface area contributed by atoms with Crippen LogP contribution in [0.25, 0.3) is 0 Å². The maximum absolute atomic E-state index is 11.4. The van der Waals surface area contributed by atoms with Crippen molar-refractivity contribution in [3.63, 3.8) is 0 Å². The quantitative estimate of drug-likeness (QED) is 0.757. The second-order valence-electron chi connectivity index (χ2n) is 3.25. The summed E-state index contributed by atoms with van der Waals surface area (Å²) in [4.78, 5) is 12.6. The van der Waals surface area contributed by atoms with E-state index in [1.807, 2.05) is 18.2 Å². The molecule has 0 fully saturated rings. The molecule has 0 bridgehead atoms. The van der Waals surface area contributed by atoms with E-state index in [2.05, 4.69) is 17.2 Å². The van der Waals surface area contributed by atoms with E-state index >= 15 is 0 Å². The van der Waals surface area contributed by atoms with Crippen LogP contribution in [0.2, 0.25) is 0 Å². The lowest BCUT2D eigenvalue weighted by molar-refractivity contribution is 0.621. The minimum atomic E-state index is -0.0452. The largest absolute Gasteiger partial charge is 0.268 e. The Kier molecular flexibility index (Phi) is 3.77. The van der Waals surface area contributed by atoms with E-state index in [1.165, 1.54) is 15.6 Å². The maximum Gasteiger partial charge on any atom is 0.266 e. The summed E-state index contributed by atoms with van der Waals surface area (Å²) < 4.78 is 1.48. The third-order valence-electron chi connectivity index (χ3n) is 2.10. The van der Waals surface area contributed by atoms with Crippen molar-refractivity contribution in [3.8, 4) is 0 Å². The summed E-state index contributed by atoms with van der Waals surface area (Å²) in [6.07, 6.45) is 1.63. The molecule has 1 aromatic carbocycles. The number of aromatic nitrogens is 2. The third-order valence-corrected chi connectivity index (χ3v) is 3.09. The van der Waals surface area contributed by atoms with Crippen LogP contribution < -0.4 is 5.56 Å². The fraction of sp³-hybridized carbons (Fsp3) is 0.167. The number of hydrogen-bond acceptors (Lipinski definition) is 3. The number of benzene rings is 1. The van der Waals surface area contributed by atoms with Crippen molar-refractivity contribution in [2.45, 2.75) is 11.4 Å². The van der Waals surface area contributed by atoms with Crippen LogP contribution in [-0.2, 0) is 6.54 Å². The third kappa shape index (κ3) is 2.97. The topological polar surface area (TPSA) is 34.9 Å². The molecule has 0 unspecified atom stereocenters. The molecule has 82 valence electrons. The maximum atomic E-state index is 11.4. The Labute approximate surface area is 98.1 Å². The molecule has 0 spiro atoms. The van der Waals surface area contributed by atoms with Crippen LogP contribution in [0.4, 0.5) is 0 Å². The van der Waals surface area contributed by atoms with Crippen molar-refractivity contribution in [2.24, 2.45) is 0 Å². The first-order valence-corrected chi connectivity index (χ1v) is 6.05. The van der Waals surface area contributed by atoms with Crippen molar-refractivity contribution < 1.29 is 0 Å². The van der Waals surface area contributed by atoms with Crippen molar-refractivity contribution >= 4 is 11.8 Å². The predicted octanol–water partition coefficient (Wildman–Crippen LogP) is 2.04. The Morgan fingerprint density at radius 2 is 1.94 bits per heavy atom. The summed E-state index contributed by atoms with van der Waals surface area (Å²) >= 11 is 1.72. The summed E-state index contributed by atoms with van der Waals surface area (Å²) in [6.45, 7) is 0.638. The second kappa shape index (κ2) is 5.51. The zero-order chi connectivity index (χ0) is 11.2. The highest BCUT2D eigenvalue weighted by Crippen LogP contribution is 2.16. The first-order valence-electron chi connectivity index (χ1n) is 5.06. The lowest BCUT2D eigenvalue weighted by Crippen LogP contribution is -2.22. The smallest absolute Gasteiger partial charge is 0.266 e. The molecule has 2 aromatic rings. The summed E-state index contributed by atoms with van der Waals surface area (Å²) in [5.41, 5.74) is -0.0452. The zero-order valence-electron chi connectivity index (χ0n) is 8.74. The van der Waals surface area contributed by atoms with Crippen LogP contribution in [0.5, 0.6) is 0 Å². The highest BCUT2D eigenvalue weighted by Gasteiger charge is 1.96. The molecule has 1 aromatic heterocycles. The Morgan fingerprint density at radius 3 is 2.69 bits per heavy atom. The van der Waals surface area contributed by atoms with Gasteiger partial charge in [0.2, 0.25) is 0 Å². The van der Waals surface area contributed by atoms with Gasteiger partial charge in [0.25, 0.3) is 5.56 Å². The Hall–Kier alpha value is -1.55. The fourth-order valence-corrected chi connectivity index (χ4v) is 2.17. The van der Waals surface area contributed by atoms with Crippen LogP contribution in [-0.4, -0.2) is 15.5 Å². The molecule has 1 heterocycles. The number of thioether (sulfide) groups is 1. The van der Waals surface area contributed by atoms with E-state index in [0.717, 1.165) is 5.75 Å². The Bertz CT molecular complexity index is 496. The second-order valence-corrected chi connectivity index (χ2v) is 4.41. The van der Waals surface area contributed by atoms with Gasteiger partial charge in [-0.05, 0) is 18.2 Å². The average Bonchev–Trinajstić information content (AvgIpc) is 2.33. The molecule has 0 amide bonds. The summed E-state index contributed by atoms with van der Waals surface area (Å²) in [6, 6.07) is 13.3. The van der Waals surface area contributed by atoms with Gasteiger partial charge in [-0.25, -0.2) is 4.68 Å². The minimum Gasteiger partial charge on any atom is -0.268 e. The highest BCUT2D eigenvalue weighted by atomic mass is 32.2. The first kappa shape index (κ1) is 11.0. The van der Waals surface area contributed by atoms with Crippen LogP contribution in [0, 0.1) is 0 Å². The van der Waals surface area contributed by atoms with Gasteiger partial charge < -0.3 is 0 Å². The van der Waals surface area contributed by atoms with E-state index in [1.54, 1.807) is 24.0 Å². The molecule has 0 saturated heterocycles. The zero-order valence-corrected chi connectivity index (χ0v) is 9.56. The van der Waals surface area contributed by atoms with Gasteiger partial charge in [0.05, 0.1) is 6.54 Å². The molecule has 2 rings (SSSR count). The molecule has 0 aliphatic rings. The van der Waals surface area contributed by atoms with E-state index < -0.39 is 0 Å². The van der Waals surface area contributed by atoms with Gasteiger partial charge in [-0.15, -0.1) is 11.8 Å². The summed E-state index contributed by atoms with van der Waals surface area (Å²) in [5.74, 6) is 0.848. The number of aryl methyl sites for hydroxylation is 1. The van der Waals surface area contributed by atoms with Crippen molar-refractivity contribution in [2.75, 3.05) is 5.75 Å². The van der Waals surface area contributed by atoms with E-state index in [0.29, 0.717) is 6.54 Å². The average molecular weight is 232 g/mol. The van der Waals surface area contributed by atoms with E-state index in [4.69, 9.17) is 0 Å². The summed E-state index contributed by atoms with van der Waals surface area (Å²) in [7, 11) is 0. The van der Waals surface area contributed by atoms with Crippen LogP contribution in [0.1, 0.15) is 0 Å². The molecule has 16 heavy (non-hydrogen) atoms. The molecular weight excluding hydrogens is 220 g/mol. The molecule has 4 heteroatoms. The Morgan fingerprint density at radius 1 is 1.12 bits per heavy atom. The molecule has 0 saturated carbocycles. The van der Waals surface area contributed by atoms with Gasteiger partial charge in [-0.1, -0.05) is 18.2 Å². The lowest BCUT2D eigenvalue weighted by atomic mass is 10.4. The van der Waals surface area contributed by atoms with Gasteiger partial charge in [-0.3, -0.25) is 4.79 Å². The number of hydrogen-bond donors (Lipinski definition) is 0. The molecule has 0 N–H and O–H groups in total. The molecule has 0 radical (unpaired) electrons. The molecular formula is C12H12N2OS. The minimum absolute atomic E-state index is 0.0452. The monoisotopic (exact) mass is 232 g/mol. The fourth-order valence-electron chi connectivity index (χ4n) is 1.32. The van der Waals surface area contributed by atoms with Gasteiger partial charge in [0, 0.05) is 22.9 Å². The highest BCUT2D eigenvalue weighted by molar-refractivity contribution is 7.99. The van der Waals surface area contributed by atoms with E-state index in [-0.39, 0.29) is 5.56 Å². The van der Waals surface area contributed by atoms with Gasteiger partial charge >= 0.3 is 0 Å². The van der Waals surface area contributed by atoms with Gasteiger partial charge in [0.15, 0.2) is 0 Å². The molecule has 0 aliphatic carbocycles. The lowest BCUT2D eigenvalue weighted by Gasteiger charge is -2.03. The normalized spacial score (nSPS) is 10.2. The SMILES string of the molecule is O=c1cccnn1CCSc1ccccc1. The Balaban J connectivity index is 1.90. The molecule has 3 nitrogen and oxygen atoms in total. The van der Waals surface area contributed by atoms with Crippen molar-refractivity contribution in [3.05, 3.63) is 59.0 Å². The number of nitrogens with zero attached hydrogens (tertiary/aromatic N) is 2.